The fourth-order valence-corrected chi connectivity index (χ4v) is 3.41. The van der Waals surface area contributed by atoms with E-state index in [9.17, 15) is 9.59 Å². The summed E-state index contributed by atoms with van der Waals surface area (Å²) in [6.07, 6.45) is 2.99. The number of anilines is 1. The van der Waals surface area contributed by atoms with Gasteiger partial charge in [-0.3, -0.25) is 9.59 Å². The maximum atomic E-state index is 12.8. The number of halogens is 1. The lowest BCUT2D eigenvalue weighted by atomic mass is 10.1. The molecule has 1 aromatic heterocycles. The first-order chi connectivity index (χ1) is 16.0. The Kier molecular flexibility index (Phi) is 8.60. The first-order valence-corrected chi connectivity index (χ1v) is 11.3. The van der Waals surface area contributed by atoms with Gasteiger partial charge in [0, 0.05) is 24.3 Å². The second kappa shape index (κ2) is 11.8. The van der Waals surface area contributed by atoms with Crippen LogP contribution in [0.15, 0.2) is 86.6 Å². The van der Waals surface area contributed by atoms with Gasteiger partial charge in [0.2, 0.25) is 0 Å². The van der Waals surface area contributed by atoms with E-state index in [1.165, 1.54) is 6.21 Å². The molecule has 0 saturated heterocycles. The second-order valence-electron chi connectivity index (χ2n) is 6.98. The maximum absolute atomic E-state index is 12.8. The van der Waals surface area contributed by atoms with Gasteiger partial charge in [0.1, 0.15) is 11.5 Å². The Morgan fingerprint density at radius 3 is 2.30 bits per heavy atom. The van der Waals surface area contributed by atoms with Crippen LogP contribution in [0.1, 0.15) is 35.5 Å². The number of hydrogen-bond acceptors (Lipinski definition) is 5. The van der Waals surface area contributed by atoms with Gasteiger partial charge in [0.05, 0.1) is 6.21 Å². The smallest absolute Gasteiger partial charge is 0.287 e. The van der Waals surface area contributed by atoms with Crippen LogP contribution in [-0.4, -0.2) is 31.1 Å². The highest BCUT2D eigenvalue weighted by Crippen LogP contribution is 2.17. The average Bonchev–Trinajstić information content (AvgIpc) is 3.25. The van der Waals surface area contributed by atoms with Gasteiger partial charge < -0.3 is 14.6 Å². The van der Waals surface area contributed by atoms with E-state index in [1.807, 2.05) is 30.3 Å². The Bertz CT molecular complexity index is 1130. The van der Waals surface area contributed by atoms with Gasteiger partial charge in [-0.25, -0.2) is 5.43 Å². The van der Waals surface area contributed by atoms with Gasteiger partial charge in [-0.1, -0.05) is 30.3 Å². The summed E-state index contributed by atoms with van der Waals surface area (Å²) < 4.78 is 5.88. The van der Waals surface area contributed by atoms with Crippen LogP contribution in [0.4, 0.5) is 5.69 Å². The molecule has 3 aromatic rings. The topological polar surface area (TPSA) is 86.9 Å². The van der Waals surface area contributed by atoms with Crippen molar-refractivity contribution < 1.29 is 14.0 Å². The van der Waals surface area contributed by atoms with Crippen LogP contribution < -0.4 is 15.6 Å². The number of furan rings is 1. The predicted molar refractivity (Wildman–Crippen MR) is 134 cm³/mol. The summed E-state index contributed by atoms with van der Waals surface area (Å²) in [5.41, 5.74) is 4.79. The Labute approximate surface area is 201 Å². The molecule has 0 aliphatic rings. The highest BCUT2D eigenvalue weighted by molar-refractivity contribution is 9.10. The van der Waals surface area contributed by atoms with Crippen molar-refractivity contribution in [3.63, 3.8) is 0 Å². The number of hydrogen-bond donors (Lipinski definition) is 2. The van der Waals surface area contributed by atoms with Crippen LogP contribution in [-0.2, 0) is 4.79 Å². The van der Waals surface area contributed by atoms with E-state index in [0.29, 0.717) is 16.0 Å². The number of nitrogens with one attached hydrogen (secondary N) is 2. The molecule has 2 amide bonds. The first-order valence-electron chi connectivity index (χ1n) is 10.5. The number of rotatable bonds is 9. The van der Waals surface area contributed by atoms with Crippen LogP contribution in [0.3, 0.4) is 0 Å². The average molecular weight is 509 g/mol. The van der Waals surface area contributed by atoms with E-state index >= 15 is 0 Å². The number of amides is 2. The quantitative estimate of drug-likeness (QED) is 0.246. The molecule has 170 valence electrons. The van der Waals surface area contributed by atoms with Crippen LogP contribution in [0.2, 0.25) is 0 Å². The lowest BCUT2D eigenvalue weighted by Crippen LogP contribution is -2.32. The monoisotopic (exact) mass is 508 g/mol. The summed E-state index contributed by atoms with van der Waals surface area (Å²) in [5.74, 6) is -0.488. The number of hydrazone groups is 1. The van der Waals surface area contributed by atoms with Crippen LogP contribution in [0.25, 0.3) is 6.08 Å². The summed E-state index contributed by atoms with van der Waals surface area (Å²) >= 11 is 3.21. The van der Waals surface area contributed by atoms with Crippen molar-refractivity contribution in [1.82, 2.24) is 10.7 Å². The zero-order valence-electron chi connectivity index (χ0n) is 18.4. The van der Waals surface area contributed by atoms with Gasteiger partial charge in [0.25, 0.3) is 11.8 Å². The van der Waals surface area contributed by atoms with Crippen molar-refractivity contribution in [2.75, 3.05) is 18.0 Å². The summed E-state index contributed by atoms with van der Waals surface area (Å²) in [5, 5.41) is 6.61. The highest BCUT2D eigenvalue weighted by Gasteiger charge is 2.14. The molecular weight excluding hydrogens is 484 g/mol. The molecule has 0 radical (unpaired) electrons. The summed E-state index contributed by atoms with van der Waals surface area (Å²) in [7, 11) is 0. The van der Waals surface area contributed by atoms with Crippen molar-refractivity contribution >= 4 is 45.7 Å². The van der Waals surface area contributed by atoms with Gasteiger partial charge in [-0.2, -0.15) is 5.10 Å². The lowest BCUT2D eigenvalue weighted by molar-refractivity contribution is -0.117. The number of carbonyl (C=O) groups excluding carboxylic acids is 2. The van der Waals surface area contributed by atoms with Crippen molar-refractivity contribution in [2.45, 2.75) is 13.8 Å². The minimum absolute atomic E-state index is 0.0669. The van der Waals surface area contributed by atoms with Crippen LogP contribution in [0, 0.1) is 0 Å². The molecule has 0 atom stereocenters. The van der Waals surface area contributed by atoms with E-state index in [4.69, 9.17) is 4.42 Å². The normalized spacial score (nSPS) is 11.4. The maximum Gasteiger partial charge on any atom is 0.287 e. The zero-order valence-corrected chi connectivity index (χ0v) is 20.0. The van der Waals surface area contributed by atoms with Crippen molar-refractivity contribution in [3.8, 4) is 0 Å². The Balaban J connectivity index is 1.81. The third-order valence-corrected chi connectivity index (χ3v) is 5.24. The molecule has 3 rings (SSSR count). The molecule has 8 heteroatoms. The second-order valence-corrected chi connectivity index (χ2v) is 7.76. The SMILES string of the molecule is CCN(CC)c1ccc(/C=C(/NC(=O)c2ccccc2)C(=O)N/N=C\c2ccc(Br)o2)cc1. The van der Waals surface area contributed by atoms with Gasteiger partial charge in [-0.15, -0.1) is 0 Å². The molecule has 1 heterocycles. The third-order valence-electron chi connectivity index (χ3n) is 4.81. The molecule has 0 fully saturated rings. The third kappa shape index (κ3) is 6.92. The lowest BCUT2D eigenvalue weighted by Gasteiger charge is -2.20. The van der Waals surface area contributed by atoms with Crippen LogP contribution in [0.5, 0.6) is 0 Å². The van der Waals surface area contributed by atoms with E-state index in [1.54, 1.807) is 42.5 Å². The Morgan fingerprint density at radius 2 is 1.70 bits per heavy atom. The standard InChI is InChI=1S/C25H25BrN4O3/c1-3-30(4-2)20-12-10-18(11-13-20)16-22(28-24(31)19-8-6-5-7-9-19)25(32)29-27-17-21-14-15-23(26)33-21/h5-17H,3-4H2,1-2H3,(H,28,31)(H,29,32)/b22-16+,27-17-. The molecule has 0 spiro atoms. The van der Waals surface area contributed by atoms with Crippen molar-refractivity contribution in [1.29, 1.82) is 0 Å². The summed E-state index contributed by atoms with van der Waals surface area (Å²) in [6.45, 7) is 6.00. The molecule has 0 bridgehead atoms. The van der Waals surface area contributed by atoms with E-state index in [0.717, 1.165) is 24.3 Å². The molecule has 2 N–H and O–H groups in total. The Morgan fingerprint density at radius 1 is 1.00 bits per heavy atom. The molecule has 0 aliphatic carbocycles. The summed E-state index contributed by atoms with van der Waals surface area (Å²) in [6, 6.07) is 19.9. The van der Waals surface area contributed by atoms with Gasteiger partial charge in [0.15, 0.2) is 4.67 Å². The number of benzene rings is 2. The van der Waals surface area contributed by atoms with Crippen molar-refractivity contribution in [2.24, 2.45) is 5.10 Å². The fourth-order valence-electron chi connectivity index (χ4n) is 3.09. The van der Waals surface area contributed by atoms with Crippen molar-refractivity contribution in [3.05, 3.63) is 94.0 Å². The molecule has 2 aromatic carbocycles. The number of carbonyl (C=O) groups is 2. The number of nitrogens with zero attached hydrogens (tertiary/aromatic N) is 2. The van der Waals surface area contributed by atoms with Gasteiger partial charge >= 0.3 is 0 Å². The molecular formula is C25H25BrN4O3. The molecule has 0 saturated carbocycles. The molecule has 0 aliphatic heterocycles. The first kappa shape index (κ1) is 24.0. The highest BCUT2D eigenvalue weighted by atomic mass is 79.9. The molecule has 0 unspecified atom stereocenters. The van der Waals surface area contributed by atoms with Crippen LogP contribution >= 0.6 is 15.9 Å². The minimum atomic E-state index is -0.561. The van der Waals surface area contributed by atoms with E-state index < -0.39 is 11.8 Å². The van der Waals surface area contributed by atoms with E-state index in [-0.39, 0.29) is 5.70 Å². The molecule has 7 nitrogen and oxygen atoms in total. The zero-order chi connectivity index (χ0) is 23.6. The fraction of sp³-hybridized carbons (Fsp3) is 0.160. The Hall–Kier alpha value is -3.65. The minimum Gasteiger partial charge on any atom is -0.448 e. The largest absolute Gasteiger partial charge is 0.448 e. The van der Waals surface area contributed by atoms with E-state index in [2.05, 4.69) is 50.5 Å². The predicted octanol–water partition coefficient (Wildman–Crippen LogP) is 4.81. The van der Waals surface area contributed by atoms with Gasteiger partial charge in [-0.05, 0) is 77.8 Å². The molecule has 33 heavy (non-hydrogen) atoms. The summed E-state index contributed by atoms with van der Waals surface area (Å²) in [4.78, 5) is 27.7.